The Bertz CT molecular complexity index is 683. The second kappa shape index (κ2) is 7.88. The third-order valence-electron chi connectivity index (χ3n) is 3.82. The first-order valence-electron chi connectivity index (χ1n) is 7.97. The van der Waals surface area contributed by atoms with E-state index in [9.17, 15) is 9.18 Å². The van der Waals surface area contributed by atoms with Gasteiger partial charge in [0.2, 0.25) is 5.91 Å². The van der Waals surface area contributed by atoms with E-state index in [2.05, 4.69) is 19.2 Å². The molecule has 0 radical (unpaired) electrons. The molecule has 4 N–H and O–H groups in total. The van der Waals surface area contributed by atoms with Crippen LogP contribution in [-0.4, -0.2) is 12.5 Å². The van der Waals surface area contributed by atoms with E-state index in [0.29, 0.717) is 22.6 Å². The van der Waals surface area contributed by atoms with E-state index in [1.54, 1.807) is 36.4 Å². The molecule has 2 rings (SSSR count). The van der Waals surface area contributed by atoms with E-state index < -0.39 is 5.91 Å². The summed E-state index contributed by atoms with van der Waals surface area (Å²) >= 11 is 0. The Balaban J connectivity index is 2.10. The standard InChI is InChI=1S/C19H23FN2O/c1-13(2)8-9-22-12-14-6-7-17(18(20)10-14)15-4-3-5-16(11-15)19(21)23/h3-7,10-11,13,22H,8-9,12H2,1-2H3,(H2,21,23)/p+1. The van der Waals surface area contributed by atoms with Crippen molar-refractivity contribution in [1.29, 1.82) is 0 Å². The maximum atomic E-state index is 14.4. The summed E-state index contributed by atoms with van der Waals surface area (Å²) in [5, 5.41) is 2.20. The van der Waals surface area contributed by atoms with Crippen molar-refractivity contribution in [1.82, 2.24) is 0 Å². The molecule has 2 aromatic rings. The lowest BCUT2D eigenvalue weighted by Gasteiger charge is -2.08. The molecule has 4 heteroatoms. The highest BCUT2D eigenvalue weighted by Crippen LogP contribution is 2.24. The summed E-state index contributed by atoms with van der Waals surface area (Å²) in [4.78, 5) is 11.2. The Morgan fingerprint density at radius 2 is 2.00 bits per heavy atom. The highest BCUT2D eigenvalue weighted by molar-refractivity contribution is 5.94. The molecule has 0 heterocycles. The third kappa shape index (κ3) is 4.89. The molecule has 3 nitrogen and oxygen atoms in total. The highest BCUT2D eigenvalue weighted by atomic mass is 19.1. The second-order valence-corrected chi connectivity index (χ2v) is 6.22. The predicted octanol–water partition coefficient (Wildman–Crippen LogP) is 2.70. The summed E-state index contributed by atoms with van der Waals surface area (Å²) in [6.45, 7) is 6.21. The minimum atomic E-state index is -0.511. The van der Waals surface area contributed by atoms with Gasteiger partial charge in [-0.25, -0.2) is 4.39 Å². The molecule has 0 spiro atoms. The number of carbonyl (C=O) groups excluding carboxylic acids is 1. The van der Waals surface area contributed by atoms with Crippen molar-refractivity contribution in [3.8, 4) is 11.1 Å². The lowest BCUT2D eigenvalue weighted by molar-refractivity contribution is -0.671. The zero-order valence-electron chi connectivity index (χ0n) is 13.7. The fourth-order valence-electron chi connectivity index (χ4n) is 2.48. The number of carbonyl (C=O) groups is 1. The summed E-state index contributed by atoms with van der Waals surface area (Å²) in [6.07, 6.45) is 1.15. The second-order valence-electron chi connectivity index (χ2n) is 6.22. The summed E-state index contributed by atoms with van der Waals surface area (Å²) in [5.41, 5.74) is 7.76. The minimum Gasteiger partial charge on any atom is -0.366 e. The average Bonchev–Trinajstić information content (AvgIpc) is 2.51. The first-order chi connectivity index (χ1) is 11.0. The summed E-state index contributed by atoms with van der Waals surface area (Å²) < 4.78 is 14.4. The number of primary amides is 1. The fraction of sp³-hybridized carbons (Fsp3) is 0.316. The van der Waals surface area contributed by atoms with Gasteiger partial charge in [0, 0.05) is 16.7 Å². The molecule has 0 bridgehead atoms. The van der Waals surface area contributed by atoms with Crippen LogP contribution in [0.1, 0.15) is 36.2 Å². The lowest BCUT2D eigenvalue weighted by atomic mass is 10.0. The number of benzene rings is 2. The zero-order valence-corrected chi connectivity index (χ0v) is 13.7. The van der Waals surface area contributed by atoms with Gasteiger partial charge in [0.15, 0.2) is 0 Å². The average molecular weight is 315 g/mol. The van der Waals surface area contributed by atoms with Crippen molar-refractivity contribution < 1.29 is 14.5 Å². The zero-order chi connectivity index (χ0) is 16.8. The molecule has 0 unspecified atom stereocenters. The van der Waals surface area contributed by atoms with Crippen molar-refractivity contribution in [2.24, 2.45) is 11.7 Å². The van der Waals surface area contributed by atoms with Gasteiger partial charge in [0.05, 0.1) is 6.54 Å². The van der Waals surface area contributed by atoms with Crippen LogP contribution in [0.2, 0.25) is 0 Å². The molecule has 0 saturated heterocycles. The Morgan fingerprint density at radius 1 is 1.22 bits per heavy atom. The van der Waals surface area contributed by atoms with E-state index >= 15 is 0 Å². The van der Waals surface area contributed by atoms with Crippen LogP contribution >= 0.6 is 0 Å². The number of halogens is 1. The topological polar surface area (TPSA) is 59.7 Å². The van der Waals surface area contributed by atoms with Gasteiger partial charge in [-0.3, -0.25) is 4.79 Å². The van der Waals surface area contributed by atoms with Crippen molar-refractivity contribution in [3.63, 3.8) is 0 Å². The summed E-state index contributed by atoms with van der Waals surface area (Å²) in [6, 6.07) is 12.0. The quantitative estimate of drug-likeness (QED) is 0.758. The fourth-order valence-corrected chi connectivity index (χ4v) is 2.48. The Hall–Kier alpha value is -2.20. The Kier molecular flexibility index (Phi) is 5.88. The largest absolute Gasteiger partial charge is 0.366 e. The van der Waals surface area contributed by atoms with Crippen LogP contribution in [0.3, 0.4) is 0 Å². The SMILES string of the molecule is CC(C)CC[NH2+]Cc1ccc(-c2cccc(C(N)=O)c2)c(F)c1. The van der Waals surface area contributed by atoms with Gasteiger partial charge in [-0.2, -0.15) is 0 Å². The van der Waals surface area contributed by atoms with Crippen molar-refractivity contribution in [2.75, 3.05) is 6.54 Å². The van der Waals surface area contributed by atoms with E-state index in [4.69, 9.17) is 5.73 Å². The van der Waals surface area contributed by atoms with Gasteiger partial charge < -0.3 is 11.1 Å². The van der Waals surface area contributed by atoms with Crippen LogP contribution in [0.5, 0.6) is 0 Å². The summed E-state index contributed by atoms with van der Waals surface area (Å²) in [7, 11) is 0. The number of amides is 1. The molecule has 23 heavy (non-hydrogen) atoms. The van der Waals surface area contributed by atoms with Crippen molar-refractivity contribution >= 4 is 5.91 Å². The van der Waals surface area contributed by atoms with E-state index in [0.717, 1.165) is 25.1 Å². The molecule has 0 atom stereocenters. The molecule has 0 aromatic heterocycles. The van der Waals surface area contributed by atoms with Gasteiger partial charge in [-0.05, 0) is 36.1 Å². The van der Waals surface area contributed by atoms with Crippen LogP contribution in [-0.2, 0) is 6.54 Å². The van der Waals surface area contributed by atoms with Crippen LogP contribution in [0.25, 0.3) is 11.1 Å². The monoisotopic (exact) mass is 315 g/mol. The van der Waals surface area contributed by atoms with Gasteiger partial charge in [0.25, 0.3) is 0 Å². The van der Waals surface area contributed by atoms with E-state index in [-0.39, 0.29) is 5.82 Å². The molecule has 2 aromatic carbocycles. The molecular formula is C19H24FN2O+. The molecular weight excluding hydrogens is 291 g/mol. The highest BCUT2D eigenvalue weighted by Gasteiger charge is 2.09. The molecule has 0 aliphatic rings. The number of hydrogen-bond acceptors (Lipinski definition) is 1. The summed E-state index contributed by atoms with van der Waals surface area (Å²) in [5.74, 6) is -0.104. The number of rotatable bonds is 7. The van der Waals surface area contributed by atoms with Crippen molar-refractivity contribution in [3.05, 3.63) is 59.4 Å². The van der Waals surface area contributed by atoms with Crippen LogP contribution in [0.4, 0.5) is 4.39 Å². The first kappa shape index (κ1) is 17.2. The molecule has 0 saturated carbocycles. The minimum absolute atomic E-state index is 0.277. The molecule has 0 fully saturated rings. The molecule has 0 aliphatic carbocycles. The van der Waals surface area contributed by atoms with Gasteiger partial charge in [-0.15, -0.1) is 0 Å². The van der Waals surface area contributed by atoms with Crippen LogP contribution in [0.15, 0.2) is 42.5 Å². The number of hydrogen-bond donors (Lipinski definition) is 2. The van der Waals surface area contributed by atoms with Crippen LogP contribution < -0.4 is 11.1 Å². The Morgan fingerprint density at radius 3 is 2.65 bits per heavy atom. The van der Waals surface area contributed by atoms with E-state index in [1.807, 2.05) is 6.07 Å². The molecule has 0 aliphatic heterocycles. The van der Waals surface area contributed by atoms with Gasteiger partial charge in [0.1, 0.15) is 12.4 Å². The smallest absolute Gasteiger partial charge is 0.248 e. The van der Waals surface area contributed by atoms with Gasteiger partial charge in [-0.1, -0.05) is 38.1 Å². The van der Waals surface area contributed by atoms with Crippen molar-refractivity contribution in [2.45, 2.75) is 26.8 Å². The van der Waals surface area contributed by atoms with Gasteiger partial charge >= 0.3 is 0 Å². The third-order valence-corrected chi connectivity index (χ3v) is 3.82. The number of quaternary nitrogens is 1. The van der Waals surface area contributed by atoms with E-state index in [1.165, 1.54) is 0 Å². The maximum absolute atomic E-state index is 14.4. The maximum Gasteiger partial charge on any atom is 0.248 e. The number of nitrogens with two attached hydrogens (primary N) is 2. The van der Waals surface area contributed by atoms with Crippen LogP contribution in [0, 0.1) is 11.7 Å². The molecule has 1 amide bonds. The normalized spacial score (nSPS) is 11.0. The predicted molar refractivity (Wildman–Crippen MR) is 90.3 cm³/mol. The molecule has 122 valence electrons. The lowest BCUT2D eigenvalue weighted by Crippen LogP contribution is -2.82. The Labute approximate surface area is 136 Å². The first-order valence-corrected chi connectivity index (χ1v) is 7.97.